The van der Waals surface area contributed by atoms with E-state index in [1.807, 2.05) is 54.6 Å². The number of nitrogens with one attached hydrogen (secondary N) is 1. The van der Waals surface area contributed by atoms with Crippen molar-refractivity contribution in [1.82, 2.24) is 5.32 Å². The van der Waals surface area contributed by atoms with Gasteiger partial charge in [-0.1, -0.05) is 48.5 Å². The van der Waals surface area contributed by atoms with Gasteiger partial charge in [-0.3, -0.25) is 14.4 Å². The van der Waals surface area contributed by atoms with Gasteiger partial charge in [-0.2, -0.15) is 0 Å². The lowest BCUT2D eigenvalue weighted by atomic mass is 9.97. The molecule has 2 amide bonds. The molecule has 1 atom stereocenters. The van der Waals surface area contributed by atoms with Crippen molar-refractivity contribution in [1.29, 1.82) is 0 Å². The molecule has 3 N–H and O–H groups in total. The van der Waals surface area contributed by atoms with Crippen molar-refractivity contribution in [2.75, 3.05) is 18.6 Å². The van der Waals surface area contributed by atoms with E-state index in [4.69, 9.17) is 10.5 Å². The Hall–Kier alpha value is -4.13. The van der Waals surface area contributed by atoms with Gasteiger partial charge in [0, 0.05) is 25.2 Å². The fraction of sp³-hybridized carbons (Fsp3) is 0.222. The number of methoxy groups -OCH3 is 1. The second-order valence-corrected chi connectivity index (χ2v) is 8.27. The lowest BCUT2D eigenvalue weighted by Gasteiger charge is -2.32. The second kappa shape index (κ2) is 10.2. The zero-order valence-electron chi connectivity index (χ0n) is 19.0. The number of carbonyl (C=O) groups excluding carboxylic acids is 3. The zero-order chi connectivity index (χ0) is 24.1. The van der Waals surface area contributed by atoms with Crippen LogP contribution >= 0.6 is 0 Å². The van der Waals surface area contributed by atoms with E-state index in [1.54, 1.807) is 19.2 Å². The lowest BCUT2D eigenvalue weighted by Crippen LogP contribution is -2.47. The van der Waals surface area contributed by atoms with Crippen LogP contribution in [-0.4, -0.2) is 37.3 Å². The Balaban J connectivity index is 1.56. The highest BCUT2D eigenvalue weighted by atomic mass is 16.5. The normalized spacial score (nSPS) is 13.5. The predicted molar refractivity (Wildman–Crippen MR) is 130 cm³/mol. The predicted octanol–water partition coefficient (Wildman–Crippen LogP) is 2.65. The SMILES string of the molecule is COc1ccc2c(c1)CCN(c1ccccc1C(=O)NC(Cc1ccccc1)C(=O)C(N)=O)C2. The molecular formula is C27H27N3O4. The fourth-order valence-corrected chi connectivity index (χ4v) is 4.27. The zero-order valence-corrected chi connectivity index (χ0v) is 19.0. The van der Waals surface area contributed by atoms with Crippen LogP contribution in [0.15, 0.2) is 72.8 Å². The molecular weight excluding hydrogens is 430 g/mol. The van der Waals surface area contributed by atoms with Crippen LogP contribution in [0.1, 0.15) is 27.0 Å². The Morgan fingerprint density at radius 1 is 1.00 bits per heavy atom. The number of fused-ring (bicyclic) bond motifs is 1. The Kier molecular flexibility index (Phi) is 6.92. The molecule has 4 rings (SSSR count). The largest absolute Gasteiger partial charge is 0.497 e. The molecule has 0 radical (unpaired) electrons. The van der Waals surface area contributed by atoms with Crippen LogP contribution < -0.4 is 20.7 Å². The van der Waals surface area contributed by atoms with Gasteiger partial charge in [0.25, 0.3) is 11.8 Å². The van der Waals surface area contributed by atoms with Gasteiger partial charge in [0.1, 0.15) is 11.8 Å². The molecule has 1 unspecified atom stereocenters. The second-order valence-electron chi connectivity index (χ2n) is 8.27. The Morgan fingerprint density at radius 3 is 2.47 bits per heavy atom. The van der Waals surface area contributed by atoms with E-state index in [1.165, 1.54) is 11.1 Å². The average molecular weight is 458 g/mol. The van der Waals surface area contributed by atoms with Crippen molar-refractivity contribution in [3.8, 4) is 5.75 Å². The summed E-state index contributed by atoms with van der Waals surface area (Å²) in [4.78, 5) is 39.6. The average Bonchev–Trinajstić information content (AvgIpc) is 2.87. The van der Waals surface area contributed by atoms with E-state index in [-0.39, 0.29) is 6.42 Å². The summed E-state index contributed by atoms with van der Waals surface area (Å²) < 4.78 is 5.33. The monoisotopic (exact) mass is 457 g/mol. The number of benzene rings is 3. The molecule has 0 saturated heterocycles. The van der Waals surface area contributed by atoms with E-state index >= 15 is 0 Å². The van der Waals surface area contributed by atoms with Crippen LogP contribution in [0.5, 0.6) is 5.75 Å². The van der Waals surface area contributed by atoms with E-state index in [0.29, 0.717) is 12.1 Å². The maximum Gasteiger partial charge on any atom is 0.287 e. The van der Waals surface area contributed by atoms with Gasteiger partial charge in [-0.25, -0.2) is 0 Å². The van der Waals surface area contributed by atoms with Crippen LogP contribution in [0.25, 0.3) is 0 Å². The molecule has 0 aromatic heterocycles. The summed E-state index contributed by atoms with van der Waals surface area (Å²) >= 11 is 0. The lowest BCUT2D eigenvalue weighted by molar-refractivity contribution is -0.137. The van der Waals surface area contributed by atoms with Crippen molar-refractivity contribution in [3.63, 3.8) is 0 Å². The first kappa shape index (κ1) is 23.0. The van der Waals surface area contributed by atoms with Crippen molar-refractivity contribution < 1.29 is 19.1 Å². The molecule has 0 saturated carbocycles. The molecule has 34 heavy (non-hydrogen) atoms. The molecule has 1 heterocycles. The number of anilines is 1. The molecule has 0 fully saturated rings. The maximum absolute atomic E-state index is 13.3. The summed E-state index contributed by atoms with van der Waals surface area (Å²) in [7, 11) is 1.65. The van der Waals surface area contributed by atoms with Crippen molar-refractivity contribution in [2.24, 2.45) is 5.73 Å². The number of primary amides is 1. The minimum absolute atomic E-state index is 0.176. The Bertz CT molecular complexity index is 1210. The number of ether oxygens (including phenoxy) is 1. The van der Waals surface area contributed by atoms with Crippen LogP contribution in [0, 0.1) is 0 Å². The summed E-state index contributed by atoms with van der Waals surface area (Å²) in [5, 5.41) is 2.74. The number of rotatable bonds is 8. The van der Waals surface area contributed by atoms with E-state index < -0.39 is 23.6 Å². The summed E-state index contributed by atoms with van der Waals surface area (Å²) in [6.45, 7) is 1.38. The topological polar surface area (TPSA) is 102 Å². The molecule has 1 aliphatic heterocycles. The number of Topliss-reactive ketones (excluding diaryl/α,β-unsaturated/α-hetero) is 1. The van der Waals surface area contributed by atoms with Gasteiger partial charge in [0.15, 0.2) is 0 Å². The van der Waals surface area contributed by atoms with E-state index in [9.17, 15) is 14.4 Å². The highest BCUT2D eigenvalue weighted by Gasteiger charge is 2.28. The highest BCUT2D eigenvalue weighted by Crippen LogP contribution is 2.29. The third-order valence-electron chi connectivity index (χ3n) is 6.06. The Morgan fingerprint density at radius 2 is 1.74 bits per heavy atom. The van der Waals surface area contributed by atoms with Gasteiger partial charge in [-0.15, -0.1) is 0 Å². The third kappa shape index (κ3) is 5.09. The summed E-state index contributed by atoms with van der Waals surface area (Å²) in [5.74, 6) is -1.49. The number of nitrogens with zero attached hydrogens (tertiary/aromatic N) is 1. The maximum atomic E-state index is 13.3. The van der Waals surface area contributed by atoms with Gasteiger partial charge >= 0.3 is 0 Å². The van der Waals surface area contributed by atoms with Crippen molar-refractivity contribution in [2.45, 2.75) is 25.4 Å². The summed E-state index contributed by atoms with van der Waals surface area (Å²) in [6, 6.07) is 21.5. The molecule has 3 aromatic rings. The van der Waals surface area contributed by atoms with E-state index in [2.05, 4.69) is 16.3 Å². The van der Waals surface area contributed by atoms with Crippen LogP contribution in [-0.2, 0) is 29.0 Å². The molecule has 7 nitrogen and oxygen atoms in total. The first-order valence-electron chi connectivity index (χ1n) is 11.1. The number of nitrogens with two attached hydrogens (primary N) is 1. The van der Waals surface area contributed by atoms with Crippen LogP contribution in [0.2, 0.25) is 0 Å². The molecule has 7 heteroatoms. The summed E-state index contributed by atoms with van der Waals surface area (Å²) in [5.41, 5.74) is 9.69. The molecule has 0 aliphatic carbocycles. The molecule has 1 aliphatic rings. The molecule has 174 valence electrons. The van der Waals surface area contributed by atoms with Gasteiger partial charge in [0.2, 0.25) is 5.78 Å². The third-order valence-corrected chi connectivity index (χ3v) is 6.06. The Labute approximate surface area is 198 Å². The standard InChI is InChI=1S/C27H27N3O4/c1-34-21-12-11-20-17-30(14-13-19(20)16-21)24-10-6-5-9-22(24)27(33)29-23(25(31)26(28)32)15-18-7-3-2-4-8-18/h2-12,16,23H,13-15,17H2,1H3,(H2,28,32)(H,29,33). The molecule has 3 aromatic carbocycles. The smallest absolute Gasteiger partial charge is 0.287 e. The minimum atomic E-state index is -1.07. The van der Waals surface area contributed by atoms with Gasteiger partial charge in [-0.05, 0) is 47.4 Å². The number of carbonyl (C=O) groups is 3. The number of para-hydroxylation sites is 1. The van der Waals surface area contributed by atoms with Crippen molar-refractivity contribution in [3.05, 3.63) is 95.1 Å². The number of hydrogen-bond donors (Lipinski definition) is 2. The fourth-order valence-electron chi connectivity index (χ4n) is 4.27. The number of ketones is 1. The highest BCUT2D eigenvalue weighted by molar-refractivity contribution is 6.38. The number of hydrogen-bond acceptors (Lipinski definition) is 5. The first-order chi connectivity index (χ1) is 16.5. The van der Waals surface area contributed by atoms with E-state index in [0.717, 1.165) is 30.0 Å². The quantitative estimate of drug-likeness (QED) is 0.507. The molecule has 0 spiro atoms. The van der Waals surface area contributed by atoms with Gasteiger partial charge < -0.3 is 20.7 Å². The minimum Gasteiger partial charge on any atom is -0.497 e. The summed E-state index contributed by atoms with van der Waals surface area (Å²) in [6.07, 6.45) is 0.995. The first-order valence-corrected chi connectivity index (χ1v) is 11.1. The van der Waals surface area contributed by atoms with Crippen LogP contribution in [0.4, 0.5) is 5.69 Å². The van der Waals surface area contributed by atoms with Crippen molar-refractivity contribution >= 4 is 23.3 Å². The van der Waals surface area contributed by atoms with Crippen LogP contribution in [0.3, 0.4) is 0 Å². The number of amides is 2. The van der Waals surface area contributed by atoms with Gasteiger partial charge in [0.05, 0.1) is 12.7 Å². The molecule has 0 bridgehead atoms.